The minimum absolute atomic E-state index is 0.227. The number of methoxy groups -OCH3 is 1. The number of carbonyl (C=O) groups is 2. The summed E-state index contributed by atoms with van der Waals surface area (Å²) < 4.78 is 21.6. The third kappa shape index (κ3) is 4.73. The normalized spacial score (nSPS) is 13.4. The summed E-state index contributed by atoms with van der Waals surface area (Å²) in [5, 5.41) is 2.77. The molecule has 3 rings (SSSR count). The van der Waals surface area contributed by atoms with Crippen LogP contribution in [0.15, 0.2) is 42.5 Å². The lowest BCUT2D eigenvalue weighted by Crippen LogP contribution is -2.36. The van der Waals surface area contributed by atoms with E-state index in [1.807, 2.05) is 30.3 Å². The number of ether oxygens (including phenoxy) is 4. The molecule has 1 heterocycles. The summed E-state index contributed by atoms with van der Waals surface area (Å²) in [6.45, 7) is 2.79. The van der Waals surface area contributed by atoms with Crippen molar-refractivity contribution < 1.29 is 28.5 Å². The van der Waals surface area contributed by atoms with Crippen molar-refractivity contribution in [3.63, 3.8) is 0 Å². The monoisotopic (exact) mass is 385 g/mol. The lowest BCUT2D eigenvalue weighted by molar-refractivity contribution is -0.129. The summed E-state index contributed by atoms with van der Waals surface area (Å²) in [5.41, 5.74) is 1.35. The second-order valence-corrected chi connectivity index (χ2v) is 6.28. The van der Waals surface area contributed by atoms with Gasteiger partial charge in [0.1, 0.15) is 13.2 Å². The first-order chi connectivity index (χ1) is 13.6. The molecule has 0 aromatic heterocycles. The summed E-state index contributed by atoms with van der Waals surface area (Å²) in [6.07, 6.45) is -0.227. The maximum Gasteiger partial charge on any atom is 0.339 e. The molecule has 148 valence electrons. The van der Waals surface area contributed by atoms with Gasteiger partial charge in [-0.25, -0.2) is 4.79 Å². The van der Waals surface area contributed by atoms with Crippen LogP contribution in [0.5, 0.6) is 17.2 Å². The van der Waals surface area contributed by atoms with Gasteiger partial charge in [-0.2, -0.15) is 0 Å². The van der Waals surface area contributed by atoms with Crippen LogP contribution in [0.25, 0.3) is 0 Å². The van der Waals surface area contributed by atoms with Crippen LogP contribution in [0, 0.1) is 0 Å². The van der Waals surface area contributed by atoms with E-state index >= 15 is 0 Å². The number of benzene rings is 2. The van der Waals surface area contributed by atoms with Gasteiger partial charge in [0.2, 0.25) is 5.75 Å². The van der Waals surface area contributed by atoms with Crippen LogP contribution in [0.3, 0.4) is 0 Å². The van der Waals surface area contributed by atoms with Crippen molar-refractivity contribution in [3.8, 4) is 17.2 Å². The predicted molar refractivity (Wildman–Crippen MR) is 102 cm³/mol. The quantitative estimate of drug-likeness (QED) is 0.737. The van der Waals surface area contributed by atoms with Crippen molar-refractivity contribution >= 4 is 11.9 Å². The maximum atomic E-state index is 12.5. The van der Waals surface area contributed by atoms with Crippen LogP contribution in [0.1, 0.15) is 22.8 Å². The lowest BCUT2D eigenvalue weighted by Gasteiger charge is -2.21. The van der Waals surface area contributed by atoms with Gasteiger partial charge in [-0.1, -0.05) is 30.3 Å². The third-order valence-electron chi connectivity index (χ3n) is 4.27. The van der Waals surface area contributed by atoms with E-state index in [4.69, 9.17) is 18.9 Å². The molecule has 1 amide bonds. The summed E-state index contributed by atoms with van der Waals surface area (Å²) in [5.74, 6) is 0.258. The van der Waals surface area contributed by atoms with Gasteiger partial charge < -0.3 is 24.3 Å². The zero-order chi connectivity index (χ0) is 19.9. The smallest absolute Gasteiger partial charge is 0.339 e. The summed E-state index contributed by atoms with van der Waals surface area (Å²) >= 11 is 0. The molecule has 0 saturated heterocycles. The maximum absolute atomic E-state index is 12.5. The fourth-order valence-electron chi connectivity index (χ4n) is 2.79. The highest BCUT2D eigenvalue weighted by Crippen LogP contribution is 2.40. The van der Waals surface area contributed by atoms with Gasteiger partial charge in [0.25, 0.3) is 5.91 Å². The number of hydrogen-bond acceptors (Lipinski definition) is 6. The fraction of sp³-hybridized carbons (Fsp3) is 0.333. The summed E-state index contributed by atoms with van der Waals surface area (Å²) in [7, 11) is 1.48. The molecule has 1 aliphatic rings. The van der Waals surface area contributed by atoms with E-state index < -0.39 is 12.1 Å². The molecule has 1 N–H and O–H groups in total. The second-order valence-electron chi connectivity index (χ2n) is 6.28. The molecule has 0 unspecified atom stereocenters. The Morgan fingerprint density at radius 3 is 2.64 bits per heavy atom. The predicted octanol–water partition coefficient (Wildman–Crippen LogP) is 2.37. The van der Waals surface area contributed by atoms with Crippen molar-refractivity contribution in [1.29, 1.82) is 0 Å². The minimum atomic E-state index is -0.928. The van der Waals surface area contributed by atoms with Gasteiger partial charge in [-0.15, -0.1) is 0 Å². The molecule has 1 aliphatic heterocycles. The molecule has 2 aromatic carbocycles. The van der Waals surface area contributed by atoms with Gasteiger partial charge in [0.15, 0.2) is 17.6 Å². The van der Waals surface area contributed by atoms with Gasteiger partial charge in [-0.05, 0) is 31.0 Å². The van der Waals surface area contributed by atoms with E-state index in [1.165, 1.54) is 26.2 Å². The van der Waals surface area contributed by atoms with E-state index in [0.29, 0.717) is 43.4 Å². The standard InChI is InChI=1S/C21H23NO6/c1-14(20(23)22-9-8-15-6-4-3-5-7-15)28-21(24)16-12-17(25-2)19-18(13-16)26-10-11-27-19/h3-7,12-14H,8-11H2,1-2H3,(H,22,23)/t14-/m0/s1. The molecule has 0 fully saturated rings. The number of esters is 1. The number of fused-ring (bicyclic) bond motifs is 1. The number of hydrogen-bond donors (Lipinski definition) is 1. The Hall–Kier alpha value is -3.22. The molecule has 2 aromatic rings. The molecule has 28 heavy (non-hydrogen) atoms. The Morgan fingerprint density at radius 2 is 1.89 bits per heavy atom. The number of carbonyl (C=O) groups excluding carboxylic acids is 2. The van der Waals surface area contributed by atoms with Crippen LogP contribution in [-0.2, 0) is 16.0 Å². The molecule has 7 nitrogen and oxygen atoms in total. The average Bonchev–Trinajstić information content (AvgIpc) is 2.73. The van der Waals surface area contributed by atoms with Crippen molar-refractivity contribution in [1.82, 2.24) is 5.32 Å². The molecular formula is C21H23NO6. The van der Waals surface area contributed by atoms with E-state index in [0.717, 1.165) is 5.56 Å². The summed E-state index contributed by atoms with van der Waals surface area (Å²) in [6, 6.07) is 12.9. The van der Waals surface area contributed by atoms with E-state index in [2.05, 4.69) is 5.32 Å². The SMILES string of the molecule is COc1cc(C(=O)O[C@@H](C)C(=O)NCCc2ccccc2)cc2c1OCCO2. The van der Waals surface area contributed by atoms with Crippen molar-refractivity contribution in [2.75, 3.05) is 26.9 Å². The third-order valence-corrected chi connectivity index (χ3v) is 4.27. The Kier molecular flexibility index (Phi) is 6.37. The number of nitrogens with one attached hydrogen (secondary N) is 1. The Labute approximate surface area is 163 Å². The molecule has 0 radical (unpaired) electrons. The van der Waals surface area contributed by atoms with Crippen molar-refractivity contribution in [2.24, 2.45) is 0 Å². The number of rotatable bonds is 7. The zero-order valence-corrected chi connectivity index (χ0v) is 15.9. The molecular weight excluding hydrogens is 362 g/mol. The molecule has 0 bridgehead atoms. The van der Waals surface area contributed by atoms with Crippen molar-refractivity contribution in [3.05, 3.63) is 53.6 Å². The Balaban J connectivity index is 1.57. The topological polar surface area (TPSA) is 83.1 Å². The molecule has 0 spiro atoms. The van der Waals surface area contributed by atoms with Gasteiger partial charge in [0.05, 0.1) is 12.7 Å². The lowest BCUT2D eigenvalue weighted by atomic mass is 10.1. The molecule has 7 heteroatoms. The van der Waals surface area contributed by atoms with Crippen molar-refractivity contribution in [2.45, 2.75) is 19.4 Å². The van der Waals surface area contributed by atoms with Crippen LogP contribution in [0.4, 0.5) is 0 Å². The largest absolute Gasteiger partial charge is 0.493 e. The highest BCUT2D eigenvalue weighted by molar-refractivity contribution is 5.93. The highest BCUT2D eigenvalue weighted by atomic mass is 16.6. The molecule has 1 atom stereocenters. The Morgan fingerprint density at radius 1 is 1.14 bits per heavy atom. The van der Waals surface area contributed by atoms with Crippen LogP contribution < -0.4 is 19.5 Å². The minimum Gasteiger partial charge on any atom is -0.493 e. The Bertz CT molecular complexity index is 819. The average molecular weight is 385 g/mol. The zero-order valence-electron chi connectivity index (χ0n) is 15.9. The fourth-order valence-corrected chi connectivity index (χ4v) is 2.79. The van der Waals surface area contributed by atoms with Gasteiger partial charge >= 0.3 is 5.97 Å². The first-order valence-electron chi connectivity index (χ1n) is 9.08. The summed E-state index contributed by atoms with van der Waals surface area (Å²) in [4.78, 5) is 24.7. The van der Waals surface area contributed by atoms with Crippen LogP contribution >= 0.6 is 0 Å². The molecule has 0 aliphatic carbocycles. The van der Waals surface area contributed by atoms with E-state index in [9.17, 15) is 9.59 Å². The van der Waals surface area contributed by atoms with Crippen LogP contribution in [0.2, 0.25) is 0 Å². The van der Waals surface area contributed by atoms with Gasteiger partial charge in [0, 0.05) is 6.54 Å². The highest BCUT2D eigenvalue weighted by Gasteiger charge is 2.24. The van der Waals surface area contributed by atoms with E-state index in [1.54, 1.807) is 0 Å². The van der Waals surface area contributed by atoms with E-state index in [-0.39, 0.29) is 11.5 Å². The van der Waals surface area contributed by atoms with Crippen LogP contribution in [-0.4, -0.2) is 44.8 Å². The second kappa shape index (κ2) is 9.12. The number of amides is 1. The first kappa shape index (κ1) is 19.5. The van der Waals surface area contributed by atoms with Gasteiger partial charge in [-0.3, -0.25) is 4.79 Å². The molecule has 0 saturated carbocycles. The first-order valence-corrected chi connectivity index (χ1v) is 9.08.